The first-order valence-corrected chi connectivity index (χ1v) is 7.09. The molecule has 0 spiro atoms. The molecule has 0 bridgehead atoms. The van der Waals surface area contributed by atoms with Crippen molar-refractivity contribution in [2.45, 2.75) is 0 Å². The maximum absolute atomic E-state index is 13.2. The number of rotatable bonds is 2. The van der Waals surface area contributed by atoms with Gasteiger partial charge in [-0.2, -0.15) is 0 Å². The molecule has 2 aromatic rings. The van der Waals surface area contributed by atoms with Crippen LogP contribution in [0.3, 0.4) is 0 Å². The van der Waals surface area contributed by atoms with E-state index in [0.717, 1.165) is 0 Å². The Kier molecular flexibility index (Phi) is 3.79. The van der Waals surface area contributed by atoms with Gasteiger partial charge in [-0.25, -0.2) is 4.39 Å². The first-order chi connectivity index (χ1) is 10.1. The number of halogens is 2. The maximum atomic E-state index is 13.2. The summed E-state index contributed by atoms with van der Waals surface area (Å²) in [6, 6.07) is 9.02. The minimum atomic E-state index is -0.421. The summed E-state index contributed by atoms with van der Waals surface area (Å²) in [5.74, 6) is 0.380. The first-order valence-electron chi connectivity index (χ1n) is 6.29. The van der Waals surface area contributed by atoms with Crippen LogP contribution < -0.4 is 14.8 Å². The normalized spacial score (nSPS) is 12.9. The average Bonchev–Trinajstić information content (AvgIpc) is 2.50. The number of nitrogens with one attached hydrogen (secondary N) is 1. The third kappa shape index (κ3) is 3.00. The van der Waals surface area contributed by atoms with Crippen molar-refractivity contribution >= 4 is 27.5 Å². The Morgan fingerprint density at radius 3 is 2.67 bits per heavy atom. The van der Waals surface area contributed by atoms with Crippen LogP contribution in [0.5, 0.6) is 11.5 Å². The predicted octanol–water partition coefficient (Wildman–Crippen LogP) is 3.61. The quantitative estimate of drug-likeness (QED) is 0.898. The number of fused-ring (bicyclic) bond motifs is 1. The van der Waals surface area contributed by atoms with E-state index in [2.05, 4.69) is 21.2 Å². The lowest BCUT2D eigenvalue weighted by Crippen LogP contribution is -2.17. The van der Waals surface area contributed by atoms with Gasteiger partial charge in [-0.3, -0.25) is 4.79 Å². The molecule has 1 aliphatic heterocycles. The van der Waals surface area contributed by atoms with E-state index in [4.69, 9.17) is 9.47 Å². The molecule has 1 amide bonds. The van der Waals surface area contributed by atoms with Gasteiger partial charge in [0.2, 0.25) is 0 Å². The molecule has 6 heteroatoms. The number of hydrogen-bond donors (Lipinski definition) is 1. The number of hydrogen-bond acceptors (Lipinski definition) is 3. The molecule has 1 N–H and O–H groups in total. The highest BCUT2D eigenvalue weighted by Gasteiger charge is 2.15. The summed E-state index contributed by atoms with van der Waals surface area (Å²) in [4.78, 5) is 12.2. The molecular weight excluding hydrogens is 341 g/mol. The summed E-state index contributed by atoms with van der Waals surface area (Å²) >= 11 is 3.27. The summed E-state index contributed by atoms with van der Waals surface area (Å²) in [5.41, 5.74) is 0.783. The molecule has 108 valence electrons. The van der Waals surface area contributed by atoms with Gasteiger partial charge in [0.25, 0.3) is 5.91 Å². The van der Waals surface area contributed by atoms with Crippen LogP contribution in [-0.4, -0.2) is 19.1 Å². The van der Waals surface area contributed by atoms with Crippen molar-refractivity contribution in [3.8, 4) is 11.5 Å². The topological polar surface area (TPSA) is 47.6 Å². The number of benzene rings is 2. The van der Waals surface area contributed by atoms with Gasteiger partial charge < -0.3 is 14.8 Å². The zero-order valence-corrected chi connectivity index (χ0v) is 12.4. The van der Waals surface area contributed by atoms with Crippen LogP contribution in [-0.2, 0) is 0 Å². The van der Waals surface area contributed by atoms with Crippen LogP contribution in [0.4, 0.5) is 10.1 Å². The van der Waals surface area contributed by atoms with E-state index in [0.29, 0.717) is 40.4 Å². The zero-order valence-electron chi connectivity index (χ0n) is 10.9. The van der Waals surface area contributed by atoms with Crippen molar-refractivity contribution in [2.24, 2.45) is 0 Å². The van der Waals surface area contributed by atoms with E-state index in [1.54, 1.807) is 18.2 Å². The molecule has 0 aliphatic carbocycles. The Labute approximate surface area is 129 Å². The van der Waals surface area contributed by atoms with Gasteiger partial charge in [0.1, 0.15) is 19.0 Å². The molecule has 1 aliphatic rings. The van der Waals surface area contributed by atoms with Crippen molar-refractivity contribution in [1.29, 1.82) is 0 Å². The number of carbonyl (C=O) groups excluding carboxylic acids is 1. The summed E-state index contributed by atoms with van der Waals surface area (Å²) in [6.45, 7) is 0.947. The Morgan fingerprint density at radius 2 is 1.86 bits per heavy atom. The second-order valence-electron chi connectivity index (χ2n) is 4.44. The largest absolute Gasteiger partial charge is 0.486 e. The van der Waals surface area contributed by atoms with Crippen LogP contribution in [0.1, 0.15) is 10.4 Å². The third-order valence-corrected chi connectivity index (χ3v) is 3.67. The molecule has 0 radical (unpaired) electrons. The molecule has 0 aromatic heterocycles. The molecule has 2 aromatic carbocycles. The minimum Gasteiger partial charge on any atom is -0.486 e. The lowest BCUT2D eigenvalue weighted by atomic mass is 10.1. The fraction of sp³-hybridized carbons (Fsp3) is 0.133. The van der Waals surface area contributed by atoms with Crippen LogP contribution in [0.2, 0.25) is 0 Å². The van der Waals surface area contributed by atoms with Gasteiger partial charge >= 0.3 is 0 Å². The molecule has 0 unspecified atom stereocenters. The Morgan fingerprint density at radius 1 is 1.10 bits per heavy atom. The molecule has 0 fully saturated rings. The second kappa shape index (κ2) is 5.73. The van der Waals surface area contributed by atoms with E-state index in [1.165, 1.54) is 18.2 Å². The Bertz CT molecular complexity index is 705. The van der Waals surface area contributed by atoms with Crippen molar-refractivity contribution in [1.82, 2.24) is 0 Å². The van der Waals surface area contributed by atoms with Crippen molar-refractivity contribution in [3.05, 3.63) is 52.3 Å². The summed E-state index contributed by atoms with van der Waals surface area (Å²) < 4.78 is 24.7. The van der Waals surface area contributed by atoms with E-state index in [-0.39, 0.29) is 5.91 Å². The molecule has 0 saturated heterocycles. The Balaban J connectivity index is 1.83. The lowest BCUT2D eigenvalue weighted by molar-refractivity contribution is 0.102. The monoisotopic (exact) mass is 351 g/mol. The zero-order chi connectivity index (χ0) is 14.8. The van der Waals surface area contributed by atoms with Crippen molar-refractivity contribution in [3.63, 3.8) is 0 Å². The highest BCUT2D eigenvalue weighted by molar-refractivity contribution is 9.10. The molecule has 1 heterocycles. The van der Waals surface area contributed by atoms with E-state index < -0.39 is 5.82 Å². The SMILES string of the molecule is O=C(Nc1cc(F)ccc1Br)c1ccc2c(c1)OCCO2. The molecule has 4 nitrogen and oxygen atoms in total. The highest BCUT2D eigenvalue weighted by Crippen LogP contribution is 2.31. The smallest absolute Gasteiger partial charge is 0.255 e. The predicted molar refractivity (Wildman–Crippen MR) is 79.5 cm³/mol. The van der Waals surface area contributed by atoms with Gasteiger partial charge in [-0.05, 0) is 52.3 Å². The lowest BCUT2D eigenvalue weighted by Gasteiger charge is -2.18. The molecule has 0 atom stereocenters. The Hall–Kier alpha value is -2.08. The fourth-order valence-electron chi connectivity index (χ4n) is 1.97. The van der Waals surface area contributed by atoms with E-state index in [9.17, 15) is 9.18 Å². The van der Waals surface area contributed by atoms with E-state index >= 15 is 0 Å². The summed E-state index contributed by atoms with van der Waals surface area (Å²) in [5, 5.41) is 2.65. The molecule has 3 rings (SSSR count). The number of ether oxygens (including phenoxy) is 2. The molecule has 0 saturated carbocycles. The second-order valence-corrected chi connectivity index (χ2v) is 5.29. The third-order valence-electron chi connectivity index (χ3n) is 2.98. The van der Waals surface area contributed by atoms with Crippen LogP contribution in [0, 0.1) is 5.82 Å². The highest BCUT2D eigenvalue weighted by atomic mass is 79.9. The molecule has 21 heavy (non-hydrogen) atoms. The van der Waals surface area contributed by atoms with Crippen LogP contribution >= 0.6 is 15.9 Å². The van der Waals surface area contributed by atoms with Gasteiger partial charge in [-0.15, -0.1) is 0 Å². The van der Waals surface area contributed by atoms with Crippen molar-refractivity contribution in [2.75, 3.05) is 18.5 Å². The van der Waals surface area contributed by atoms with Gasteiger partial charge in [0, 0.05) is 10.0 Å². The van der Waals surface area contributed by atoms with Crippen molar-refractivity contribution < 1.29 is 18.7 Å². The van der Waals surface area contributed by atoms with Crippen LogP contribution in [0.25, 0.3) is 0 Å². The van der Waals surface area contributed by atoms with Gasteiger partial charge in [-0.1, -0.05) is 0 Å². The average molecular weight is 352 g/mol. The first kappa shape index (κ1) is 13.9. The standard InChI is InChI=1S/C15H11BrFNO3/c16-11-3-2-10(17)8-12(11)18-15(19)9-1-4-13-14(7-9)21-6-5-20-13/h1-4,7-8H,5-6H2,(H,18,19). The minimum absolute atomic E-state index is 0.349. The maximum Gasteiger partial charge on any atom is 0.255 e. The summed E-state index contributed by atoms with van der Waals surface area (Å²) in [6.07, 6.45) is 0. The van der Waals surface area contributed by atoms with Gasteiger partial charge in [0.15, 0.2) is 11.5 Å². The summed E-state index contributed by atoms with van der Waals surface area (Å²) in [7, 11) is 0. The number of carbonyl (C=O) groups is 1. The fourth-order valence-corrected chi connectivity index (χ4v) is 2.32. The van der Waals surface area contributed by atoms with Crippen LogP contribution in [0.15, 0.2) is 40.9 Å². The molecular formula is C15H11BrFNO3. The number of amides is 1. The van der Waals surface area contributed by atoms with Gasteiger partial charge in [0.05, 0.1) is 5.69 Å². The van der Waals surface area contributed by atoms with E-state index in [1.807, 2.05) is 0 Å². The number of anilines is 1.